The molecular weight excluding hydrogens is 278 g/mol. The largest absolute Gasteiger partial charge is 0.467 e. The number of aliphatic imine (C=N–C) groups is 1. The summed E-state index contributed by atoms with van der Waals surface area (Å²) >= 11 is 0. The second-order valence-electron chi connectivity index (χ2n) is 4.98. The number of nitrogens with zero attached hydrogens (tertiary/aromatic N) is 1. The molecule has 2 heterocycles. The minimum atomic E-state index is -2.79. The lowest BCUT2D eigenvalue weighted by Gasteiger charge is -2.23. The van der Waals surface area contributed by atoms with Crippen LogP contribution >= 0.6 is 0 Å². The van der Waals surface area contributed by atoms with Gasteiger partial charge in [-0.3, -0.25) is 4.99 Å². The lowest BCUT2D eigenvalue weighted by Crippen LogP contribution is -2.40. The van der Waals surface area contributed by atoms with Crippen molar-refractivity contribution in [3.05, 3.63) is 24.2 Å². The molecule has 2 rings (SSSR count). The van der Waals surface area contributed by atoms with E-state index in [1.54, 1.807) is 13.3 Å². The number of hydrogen-bond donors (Lipinski definition) is 2. The van der Waals surface area contributed by atoms with Crippen molar-refractivity contribution in [1.29, 1.82) is 0 Å². The standard InChI is InChI=1S/C13H21N3O3S/c1-14-13(16-10-12-3-2-6-19-12)15-9-11-4-7-20(17,18)8-5-11/h2-3,6,11H,4-5,7-10H2,1H3,(H2,14,15,16). The monoisotopic (exact) mass is 299 g/mol. The number of nitrogens with one attached hydrogen (secondary N) is 2. The summed E-state index contributed by atoms with van der Waals surface area (Å²) in [6, 6.07) is 3.74. The van der Waals surface area contributed by atoms with Crippen LogP contribution in [0.1, 0.15) is 18.6 Å². The molecule has 0 unspecified atom stereocenters. The molecule has 112 valence electrons. The average Bonchev–Trinajstić information content (AvgIpc) is 2.93. The van der Waals surface area contributed by atoms with Gasteiger partial charge in [-0.25, -0.2) is 8.42 Å². The number of sulfone groups is 1. The van der Waals surface area contributed by atoms with E-state index in [0.717, 1.165) is 25.1 Å². The molecule has 1 aliphatic heterocycles. The second kappa shape index (κ2) is 6.78. The van der Waals surface area contributed by atoms with Gasteiger partial charge in [-0.15, -0.1) is 0 Å². The molecule has 0 amide bonds. The fourth-order valence-corrected chi connectivity index (χ4v) is 3.78. The van der Waals surface area contributed by atoms with Gasteiger partial charge >= 0.3 is 0 Å². The second-order valence-corrected chi connectivity index (χ2v) is 7.28. The predicted octanol–water partition coefficient (Wildman–Crippen LogP) is 0.769. The van der Waals surface area contributed by atoms with Crippen molar-refractivity contribution in [3.63, 3.8) is 0 Å². The van der Waals surface area contributed by atoms with Crippen molar-refractivity contribution in [2.45, 2.75) is 19.4 Å². The molecule has 2 N–H and O–H groups in total. The van der Waals surface area contributed by atoms with Crippen LogP contribution < -0.4 is 10.6 Å². The number of guanidine groups is 1. The topological polar surface area (TPSA) is 83.7 Å². The summed E-state index contributed by atoms with van der Waals surface area (Å²) in [7, 11) is -1.07. The third-order valence-electron chi connectivity index (χ3n) is 3.47. The van der Waals surface area contributed by atoms with Crippen LogP contribution in [0.25, 0.3) is 0 Å². The lowest BCUT2D eigenvalue weighted by atomic mass is 10.0. The van der Waals surface area contributed by atoms with Crippen LogP contribution in [-0.4, -0.2) is 39.5 Å². The molecule has 1 fully saturated rings. The third-order valence-corrected chi connectivity index (χ3v) is 5.18. The molecule has 0 aliphatic carbocycles. The summed E-state index contributed by atoms with van der Waals surface area (Å²) in [6.07, 6.45) is 3.09. The highest BCUT2D eigenvalue weighted by molar-refractivity contribution is 7.91. The molecule has 1 aromatic rings. The Morgan fingerprint density at radius 2 is 2.15 bits per heavy atom. The highest BCUT2D eigenvalue weighted by Crippen LogP contribution is 2.17. The molecule has 7 heteroatoms. The van der Waals surface area contributed by atoms with Gasteiger partial charge in [0, 0.05) is 13.6 Å². The highest BCUT2D eigenvalue weighted by atomic mass is 32.2. The van der Waals surface area contributed by atoms with Crippen molar-refractivity contribution in [1.82, 2.24) is 10.6 Å². The highest BCUT2D eigenvalue weighted by Gasteiger charge is 2.23. The van der Waals surface area contributed by atoms with Crippen LogP contribution in [0.5, 0.6) is 0 Å². The van der Waals surface area contributed by atoms with Crippen LogP contribution in [-0.2, 0) is 16.4 Å². The van der Waals surface area contributed by atoms with Gasteiger partial charge < -0.3 is 15.1 Å². The maximum absolute atomic E-state index is 11.4. The van der Waals surface area contributed by atoms with E-state index < -0.39 is 9.84 Å². The van der Waals surface area contributed by atoms with E-state index in [0.29, 0.717) is 29.9 Å². The molecule has 0 bridgehead atoms. The molecule has 0 radical (unpaired) electrons. The first kappa shape index (κ1) is 14.9. The molecule has 0 saturated carbocycles. The van der Waals surface area contributed by atoms with Gasteiger partial charge in [-0.05, 0) is 30.9 Å². The first-order chi connectivity index (χ1) is 9.59. The van der Waals surface area contributed by atoms with Gasteiger partial charge in [-0.1, -0.05) is 0 Å². The predicted molar refractivity (Wildman–Crippen MR) is 78.3 cm³/mol. The Kier molecular flexibility index (Phi) is 5.05. The summed E-state index contributed by atoms with van der Waals surface area (Å²) in [5.41, 5.74) is 0. The normalized spacial score (nSPS) is 19.8. The van der Waals surface area contributed by atoms with Gasteiger partial charge in [0.25, 0.3) is 0 Å². The van der Waals surface area contributed by atoms with E-state index >= 15 is 0 Å². The maximum Gasteiger partial charge on any atom is 0.191 e. The van der Waals surface area contributed by atoms with Gasteiger partial charge in [0.15, 0.2) is 5.96 Å². The van der Waals surface area contributed by atoms with Gasteiger partial charge in [0.1, 0.15) is 15.6 Å². The quantitative estimate of drug-likeness (QED) is 0.634. The van der Waals surface area contributed by atoms with E-state index in [1.807, 2.05) is 12.1 Å². The summed E-state index contributed by atoms with van der Waals surface area (Å²) in [4.78, 5) is 4.13. The molecular formula is C13H21N3O3S. The molecule has 1 saturated heterocycles. The molecule has 1 aromatic heterocycles. The molecule has 6 nitrogen and oxygen atoms in total. The Balaban J connectivity index is 1.72. The van der Waals surface area contributed by atoms with Crippen molar-refractivity contribution in [3.8, 4) is 0 Å². The Labute approximate surface area is 119 Å². The van der Waals surface area contributed by atoms with E-state index in [-0.39, 0.29) is 0 Å². The number of hydrogen-bond acceptors (Lipinski definition) is 4. The maximum atomic E-state index is 11.4. The Morgan fingerprint density at radius 1 is 1.40 bits per heavy atom. The minimum Gasteiger partial charge on any atom is -0.467 e. The van der Waals surface area contributed by atoms with Crippen molar-refractivity contribution in [2.24, 2.45) is 10.9 Å². The van der Waals surface area contributed by atoms with Crippen LogP contribution in [0.3, 0.4) is 0 Å². The van der Waals surface area contributed by atoms with Crippen LogP contribution in [0, 0.1) is 5.92 Å². The summed E-state index contributed by atoms with van der Waals surface area (Å²) in [5.74, 6) is 2.54. The van der Waals surface area contributed by atoms with E-state index in [9.17, 15) is 8.42 Å². The smallest absolute Gasteiger partial charge is 0.191 e. The summed E-state index contributed by atoms with van der Waals surface area (Å²) in [5, 5.41) is 6.39. The first-order valence-corrected chi connectivity index (χ1v) is 8.58. The Morgan fingerprint density at radius 3 is 2.75 bits per heavy atom. The zero-order chi connectivity index (χ0) is 14.4. The van der Waals surface area contributed by atoms with E-state index in [2.05, 4.69) is 15.6 Å². The van der Waals surface area contributed by atoms with Crippen LogP contribution in [0.2, 0.25) is 0 Å². The Bertz CT molecular complexity index is 523. The van der Waals surface area contributed by atoms with E-state index in [1.165, 1.54) is 0 Å². The first-order valence-electron chi connectivity index (χ1n) is 6.76. The van der Waals surface area contributed by atoms with Crippen LogP contribution in [0.15, 0.2) is 27.8 Å². The fourth-order valence-electron chi connectivity index (χ4n) is 2.19. The van der Waals surface area contributed by atoms with Crippen molar-refractivity contribution >= 4 is 15.8 Å². The third kappa shape index (κ3) is 4.56. The number of furan rings is 1. The molecule has 20 heavy (non-hydrogen) atoms. The average molecular weight is 299 g/mol. The van der Waals surface area contributed by atoms with E-state index in [4.69, 9.17) is 4.42 Å². The zero-order valence-electron chi connectivity index (χ0n) is 11.6. The van der Waals surface area contributed by atoms with Crippen molar-refractivity contribution in [2.75, 3.05) is 25.1 Å². The fraction of sp³-hybridized carbons (Fsp3) is 0.615. The SMILES string of the molecule is CN=C(NCc1ccco1)NCC1CCS(=O)(=O)CC1. The zero-order valence-corrected chi connectivity index (χ0v) is 12.4. The van der Waals surface area contributed by atoms with Crippen molar-refractivity contribution < 1.29 is 12.8 Å². The lowest BCUT2D eigenvalue weighted by molar-refractivity contribution is 0.455. The van der Waals surface area contributed by atoms with Gasteiger partial charge in [0.05, 0.1) is 24.3 Å². The summed E-state index contributed by atoms with van der Waals surface area (Å²) in [6.45, 7) is 1.32. The Hall–Kier alpha value is -1.50. The van der Waals surface area contributed by atoms with Crippen LogP contribution in [0.4, 0.5) is 0 Å². The minimum absolute atomic E-state index is 0.303. The van der Waals surface area contributed by atoms with Gasteiger partial charge in [-0.2, -0.15) is 0 Å². The summed E-state index contributed by atoms with van der Waals surface area (Å²) < 4.78 is 27.9. The van der Waals surface area contributed by atoms with Gasteiger partial charge in [0.2, 0.25) is 0 Å². The molecule has 0 aromatic carbocycles. The number of rotatable bonds is 4. The molecule has 1 aliphatic rings. The molecule has 0 spiro atoms. The molecule has 0 atom stereocenters.